The van der Waals surface area contributed by atoms with Crippen molar-refractivity contribution in [1.82, 2.24) is 15.2 Å². The number of nitrogens with one attached hydrogen (secondary N) is 2. The van der Waals surface area contributed by atoms with E-state index >= 15 is 0 Å². The summed E-state index contributed by atoms with van der Waals surface area (Å²) in [5.74, 6) is 0.911. The highest BCUT2D eigenvalue weighted by atomic mass is 32.1. The molecule has 2 aliphatic rings. The van der Waals surface area contributed by atoms with Crippen LogP contribution < -0.4 is 10.6 Å². The molecule has 57 heavy (non-hydrogen) atoms. The predicted octanol–water partition coefficient (Wildman–Crippen LogP) is 13.3. The standard InChI is InChI=1S/C51H36N4S2/c1-3-12-31(13-4-1)49-52-50(32-14-5-2-6-15-32)54-51(53-49)41-19-11-18-40-42-28-33(23-27-45(42)57-48(40)41)34-22-25-38-39-26-24-35(30-47(39)56-46(38)29-34)55-43-20-9-7-16-36(43)37-17-8-10-21-44(37)55/h1-9,11-20,22-30,49-50,52H,10,21H2,(H,53,54). The number of rotatable bonds is 5. The molecule has 2 unspecified atom stereocenters. The van der Waals surface area contributed by atoms with Gasteiger partial charge in [-0.3, -0.25) is 5.32 Å². The second-order valence-corrected chi connectivity index (χ2v) is 17.2. The molecule has 12 rings (SSSR count). The number of hydrogen-bond donors (Lipinski definition) is 2. The highest BCUT2D eigenvalue weighted by Gasteiger charge is 2.27. The van der Waals surface area contributed by atoms with Gasteiger partial charge in [-0.2, -0.15) is 0 Å². The molecule has 0 saturated heterocycles. The molecule has 2 N–H and O–H groups in total. The molecule has 0 fully saturated rings. The fourth-order valence-corrected chi connectivity index (χ4v) is 11.4. The Hall–Kier alpha value is -6.31. The van der Waals surface area contributed by atoms with E-state index in [1.165, 1.54) is 84.9 Å². The van der Waals surface area contributed by atoms with Crippen LogP contribution in [0.2, 0.25) is 0 Å². The van der Waals surface area contributed by atoms with E-state index in [4.69, 9.17) is 4.99 Å². The number of aromatic nitrogens is 1. The Morgan fingerprint density at radius 2 is 1.32 bits per heavy atom. The molecule has 3 aromatic heterocycles. The molecule has 4 heterocycles. The number of hydrogen-bond acceptors (Lipinski definition) is 5. The zero-order chi connectivity index (χ0) is 37.5. The summed E-state index contributed by atoms with van der Waals surface area (Å²) in [5, 5.41) is 14.0. The third-order valence-electron chi connectivity index (χ3n) is 11.8. The van der Waals surface area contributed by atoms with Crippen molar-refractivity contribution < 1.29 is 0 Å². The number of allylic oxidation sites excluding steroid dienone is 1. The summed E-state index contributed by atoms with van der Waals surface area (Å²) in [4.78, 5) is 5.28. The van der Waals surface area contributed by atoms with Crippen LogP contribution in [0.15, 0.2) is 169 Å². The van der Waals surface area contributed by atoms with Gasteiger partial charge in [0.1, 0.15) is 18.2 Å². The summed E-state index contributed by atoms with van der Waals surface area (Å²) >= 11 is 3.75. The lowest BCUT2D eigenvalue weighted by atomic mass is 10.0. The van der Waals surface area contributed by atoms with Crippen molar-refractivity contribution in [3.05, 3.63) is 192 Å². The first-order chi connectivity index (χ1) is 28.2. The molecule has 0 bridgehead atoms. The predicted molar refractivity (Wildman–Crippen MR) is 243 cm³/mol. The summed E-state index contributed by atoms with van der Waals surface area (Å²) in [6, 6.07) is 57.6. The maximum atomic E-state index is 5.28. The largest absolute Gasteiger partial charge is 0.350 e. The average molecular weight is 769 g/mol. The van der Waals surface area contributed by atoms with Crippen LogP contribution in [-0.2, 0) is 6.42 Å². The molecule has 1 aliphatic carbocycles. The first kappa shape index (κ1) is 32.9. The molecular weight excluding hydrogens is 733 g/mol. The van der Waals surface area contributed by atoms with Gasteiger partial charge in [-0.1, -0.05) is 127 Å². The van der Waals surface area contributed by atoms with Gasteiger partial charge >= 0.3 is 0 Å². The van der Waals surface area contributed by atoms with Gasteiger partial charge in [0, 0.05) is 68.2 Å². The second kappa shape index (κ2) is 13.1. The minimum Gasteiger partial charge on any atom is -0.350 e. The molecule has 10 aromatic rings. The van der Waals surface area contributed by atoms with Crippen molar-refractivity contribution in [3.63, 3.8) is 0 Å². The third kappa shape index (κ3) is 5.40. The SMILES string of the molecule is C1=Cc2c(n(-c3ccc4c(c3)sc3cc(-c5ccc6sc7c(C8=NC(c9ccccc9)NC(c9ccccc9)N8)cccc7c6c5)ccc34)c3ccccc23)CC1. The van der Waals surface area contributed by atoms with Crippen molar-refractivity contribution in [2.45, 2.75) is 25.2 Å². The minimum absolute atomic E-state index is 0.0768. The minimum atomic E-state index is -0.171. The van der Waals surface area contributed by atoms with Gasteiger partial charge in [0.2, 0.25) is 0 Å². The summed E-state index contributed by atoms with van der Waals surface area (Å²) < 4.78 is 7.66. The molecule has 0 radical (unpaired) electrons. The number of para-hydroxylation sites is 1. The first-order valence-corrected chi connectivity index (χ1v) is 21.3. The van der Waals surface area contributed by atoms with E-state index in [0.29, 0.717) is 0 Å². The van der Waals surface area contributed by atoms with E-state index in [0.717, 1.165) is 29.8 Å². The molecule has 7 aromatic carbocycles. The van der Waals surface area contributed by atoms with E-state index in [9.17, 15) is 0 Å². The van der Waals surface area contributed by atoms with Crippen molar-refractivity contribution in [3.8, 4) is 16.8 Å². The monoisotopic (exact) mass is 768 g/mol. The molecule has 0 spiro atoms. The highest BCUT2D eigenvalue weighted by Crippen LogP contribution is 2.42. The lowest BCUT2D eigenvalue weighted by Crippen LogP contribution is -2.44. The van der Waals surface area contributed by atoms with Gasteiger partial charge in [0.15, 0.2) is 0 Å². The number of fused-ring (bicyclic) bond motifs is 9. The van der Waals surface area contributed by atoms with Crippen LogP contribution in [0.3, 0.4) is 0 Å². The Bertz CT molecular complexity index is 3260. The number of benzene rings is 7. The zero-order valence-corrected chi connectivity index (χ0v) is 32.6. The Morgan fingerprint density at radius 1 is 0.579 bits per heavy atom. The molecule has 6 heteroatoms. The number of aliphatic imine (C=N–C) groups is 1. The summed E-state index contributed by atoms with van der Waals surface area (Å²) in [6.45, 7) is 0. The van der Waals surface area contributed by atoms with Crippen molar-refractivity contribution in [1.29, 1.82) is 0 Å². The van der Waals surface area contributed by atoms with E-state index in [2.05, 4.69) is 185 Å². The number of thiophene rings is 2. The van der Waals surface area contributed by atoms with Crippen LogP contribution in [0.25, 0.3) is 74.1 Å². The van der Waals surface area contributed by atoms with Crippen molar-refractivity contribution >= 4 is 85.8 Å². The average Bonchev–Trinajstić information content (AvgIpc) is 3.95. The van der Waals surface area contributed by atoms with Crippen molar-refractivity contribution in [2.24, 2.45) is 4.99 Å². The van der Waals surface area contributed by atoms with Crippen LogP contribution >= 0.6 is 22.7 Å². The molecule has 4 nitrogen and oxygen atoms in total. The zero-order valence-electron chi connectivity index (χ0n) is 30.9. The normalized spacial score (nSPS) is 16.7. The van der Waals surface area contributed by atoms with Gasteiger partial charge in [-0.05, 0) is 77.6 Å². The molecule has 1 aliphatic heterocycles. The molecule has 0 amide bonds. The Labute approximate surface area is 338 Å². The Kier molecular flexibility index (Phi) is 7.58. The lowest BCUT2D eigenvalue weighted by Gasteiger charge is -2.32. The summed E-state index contributed by atoms with van der Waals surface area (Å²) in [5.41, 5.74) is 11.2. The lowest BCUT2D eigenvalue weighted by molar-refractivity contribution is 0.409. The first-order valence-electron chi connectivity index (χ1n) is 19.7. The fraction of sp³-hybridized carbons (Fsp3) is 0.0784. The number of amidine groups is 1. The summed E-state index contributed by atoms with van der Waals surface area (Å²) in [7, 11) is 0. The van der Waals surface area contributed by atoms with Gasteiger partial charge in [0.25, 0.3) is 0 Å². The highest BCUT2D eigenvalue weighted by molar-refractivity contribution is 7.26. The molecule has 2 atom stereocenters. The topological polar surface area (TPSA) is 41.4 Å². The molecular formula is C51H36N4S2. The third-order valence-corrected chi connectivity index (χ3v) is 14.1. The Balaban J connectivity index is 0.925. The van der Waals surface area contributed by atoms with Gasteiger partial charge in [-0.25, -0.2) is 4.99 Å². The smallest absolute Gasteiger partial charge is 0.133 e. The molecule has 0 saturated carbocycles. The van der Waals surface area contributed by atoms with E-state index < -0.39 is 0 Å². The van der Waals surface area contributed by atoms with Crippen molar-refractivity contribution in [2.75, 3.05) is 0 Å². The van der Waals surface area contributed by atoms with Gasteiger partial charge in [0.05, 0.1) is 5.52 Å². The van der Waals surface area contributed by atoms with E-state index in [1.807, 2.05) is 22.7 Å². The molecule has 272 valence electrons. The summed E-state index contributed by atoms with van der Waals surface area (Å²) in [6.07, 6.45) is 6.52. The van der Waals surface area contributed by atoms with E-state index in [1.54, 1.807) is 0 Å². The van der Waals surface area contributed by atoms with Gasteiger partial charge < -0.3 is 9.88 Å². The number of nitrogens with zero attached hydrogens (tertiary/aromatic N) is 2. The maximum Gasteiger partial charge on any atom is 0.133 e. The van der Waals surface area contributed by atoms with Crippen LogP contribution in [-0.4, -0.2) is 10.4 Å². The van der Waals surface area contributed by atoms with Crippen LogP contribution in [0.4, 0.5) is 0 Å². The maximum absolute atomic E-state index is 5.28. The van der Waals surface area contributed by atoms with Crippen LogP contribution in [0, 0.1) is 0 Å². The van der Waals surface area contributed by atoms with E-state index in [-0.39, 0.29) is 12.3 Å². The second-order valence-electron chi connectivity index (χ2n) is 15.1. The van der Waals surface area contributed by atoms with Crippen LogP contribution in [0.1, 0.15) is 46.7 Å². The van der Waals surface area contributed by atoms with Crippen LogP contribution in [0.5, 0.6) is 0 Å². The Morgan fingerprint density at radius 3 is 2.19 bits per heavy atom. The quantitative estimate of drug-likeness (QED) is 0.183. The van der Waals surface area contributed by atoms with Gasteiger partial charge in [-0.15, -0.1) is 22.7 Å². The fourth-order valence-electron chi connectivity index (χ4n) is 9.03.